The van der Waals surface area contributed by atoms with Gasteiger partial charge in [0.05, 0.1) is 6.20 Å². The molecule has 0 spiro atoms. The van der Waals surface area contributed by atoms with Gasteiger partial charge in [-0.05, 0) is 24.0 Å². The van der Waals surface area contributed by atoms with Gasteiger partial charge >= 0.3 is 0 Å². The van der Waals surface area contributed by atoms with Crippen molar-refractivity contribution in [2.45, 2.75) is 11.8 Å². The first kappa shape index (κ1) is 17.1. The normalized spacial score (nSPS) is 10.3. The fraction of sp³-hybridized carbons (Fsp3) is 0.133. The number of pyridine rings is 1. The van der Waals surface area contributed by atoms with Crippen LogP contribution in [0.1, 0.15) is 6.92 Å². The van der Waals surface area contributed by atoms with Crippen molar-refractivity contribution in [3.63, 3.8) is 0 Å². The molecular formula is C15H15ClN4O2S. The van der Waals surface area contributed by atoms with Gasteiger partial charge in [0.25, 0.3) is 5.56 Å². The number of benzene rings is 1. The summed E-state index contributed by atoms with van der Waals surface area (Å²) in [4.78, 5) is 23.1. The van der Waals surface area contributed by atoms with E-state index in [1.807, 2.05) is 12.1 Å². The third-order valence-corrected chi connectivity index (χ3v) is 3.91. The van der Waals surface area contributed by atoms with Gasteiger partial charge in [-0.25, -0.2) is 9.97 Å². The van der Waals surface area contributed by atoms with Crippen molar-refractivity contribution in [3.05, 3.63) is 47.0 Å². The summed E-state index contributed by atoms with van der Waals surface area (Å²) in [5.41, 5.74) is 7.26. The average Bonchev–Trinajstić information content (AvgIpc) is 2.51. The van der Waals surface area contributed by atoms with Crippen LogP contribution in [0.3, 0.4) is 0 Å². The molecular weight excluding hydrogens is 336 g/mol. The molecule has 1 aromatic carbocycles. The number of hydrogen-bond acceptors (Lipinski definition) is 6. The van der Waals surface area contributed by atoms with Crippen LogP contribution in [0.4, 0.5) is 5.69 Å². The lowest BCUT2D eigenvalue weighted by Gasteiger charge is -2.10. The van der Waals surface area contributed by atoms with Crippen LogP contribution in [0.2, 0.25) is 0 Å². The smallest absolute Gasteiger partial charge is 0.268 e. The van der Waals surface area contributed by atoms with Crippen molar-refractivity contribution in [1.82, 2.24) is 15.0 Å². The Hall–Kier alpha value is -2.25. The molecule has 0 aliphatic rings. The largest absolute Gasteiger partial charge is 0.455 e. The van der Waals surface area contributed by atoms with E-state index in [1.54, 1.807) is 30.1 Å². The number of nitrogen functional groups attached to an aromatic ring is 1. The molecule has 2 aromatic heterocycles. The predicted molar refractivity (Wildman–Crippen MR) is 94.7 cm³/mol. The highest BCUT2D eigenvalue weighted by atomic mass is 35.5. The Morgan fingerprint density at radius 2 is 2.13 bits per heavy atom. The zero-order valence-electron chi connectivity index (χ0n) is 12.3. The molecule has 0 aliphatic heterocycles. The quantitative estimate of drug-likeness (QED) is 0.554. The minimum atomic E-state index is -0.300. The second-order valence-electron chi connectivity index (χ2n) is 4.49. The number of thioether (sulfide) groups is 1. The molecule has 3 aromatic rings. The number of anilines is 1. The first-order valence-electron chi connectivity index (χ1n) is 6.71. The second-order valence-corrected chi connectivity index (χ2v) is 5.79. The van der Waals surface area contributed by atoms with Gasteiger partial charge in [-0.1, -0.05) is 6.92 Å². The molecule has 2 heterocycles. The van der Waals surface area contributed by atoms with Crippen LogP contribution in [0.5, 0.6) is 11.5 Å². The van der Waals surface area contributed by atoms with E-state index in [-0.39, 0.29) is 18.0 Å². The Kier molecular flexibility index (Phi) is 5.46. The molecule has 0 saturated heterocycles. The summed E-state index contributed by atoms with van der Waals surface area (Å²) < 4.78 is 5.88. The van der Waals surface area contributed by atoms with Gasteiger partial charge < -0.3 is 15.5 Å². The van der Waals surface area contributed by atoms with Crippen LogP contribution < -0.4 is 16.0 Å². The standard InChI is InChI=1S/C15H14N4O2S.ClH/c1-2-22-12-7-9(3-4-10(12)16)21-11-5-6-17-15-14(11)18-8-13(20)19-15;/h3-8H,2,16H2,1H3,(H,17,19,20);1H. The number of nitrogens with two attached hydrogens (primary N) is 1. The number of H-pyrrole nitrogens is 1. The molecule has 0 aliphatic carbocycles. The van der Waals surface area contributed by atoms with Gasteiger partial charge in [-0.3, -0.25) is 4.79 Å². The highest BCUT2D eigenvalue weighted by Gasteiger charge is 2.08. The summed E-state index contributed by atoms with van der Waals surface area (Å²) in [5, 5.41) is 0. The van der Waals surface area contributed by atoms with E-state index in [0.29, 0.717) is 22.7 Å². The lowest BCUT2D eigenvalue weighted by atomic mass is 10.3. The molecule has 0 radical (unpaired) electrons. The molecule has 0 unspecified atom stereocenters. The summed E-state index contributed by atoms with van der Waals surface area (Å²) in [6.45, 7) is 2.06. The van der Waals surface area contributed by atoms with Crippen LogP contribution >= 0.6 is 24.2 Å². The summed E-state index contributed by atoms with van der Waals surface area (Å²) in [6.07, 6.45) is 2.77. The molecule has 0 amide bonds. The molecule has 0 saturated carbocycles. The van der Waals surface area contributed by atoms with E-state index in [4.69, 9.17) is 10.5 Å². The summed E-state index contributed by atoms with van der Waals surface area (Å²) in [6, 6.07) is 7.21. The summed E-state index contributed by atoms with van der Waals surface area (Å²) >= 11 is 1.65. The van der Waals surface area contributed by atoms with Crippen molar-refractivity contribution in [3.8, 4) is 11.5 Å². The minimum Gasteiger partial charge on any atom is -0.455 e. The fourth-order valence-corrected chi connectivity index (χ4v) is 2.74. The van der Waals surface area contributed by atoms with Gasteiger partial charge in [0.1, 0.15) is 11.3 Å². The highest BCUT2D eigenvalue weighted by Crippen LogP contribution is 2.32. The fourth-order valence-electron chi connectivity index (χ4n) is 1.99. The van der Waals surface area contributed by atoms with Crippen LogP contribution in [0.15, 0.2) is 46.3 Å². The number of rotatable bonds is 4. The number of aromatic amines is 1. The molecule has 0 fully saturated rings. The number of halogens is 1. The molecule has 8 heteroatoms. The first-order chi connectivity index (χ1) is 10.7. The van der Waals surface area contributed by atoms with Crippen LogP contribution in [-0.2, 0) is 0 Å². The van der Waals surface area contributed by atoms with Crippen LogP contribution in [-0.4, -0.2) is 20.7 Å². The molecule has 120 valence electrons. The SMILES string of the molecule is CCSc1cc(Oc2ccnc3[nH]c(=O)cnc23)ccc1N.Cl. The van der Waals surface area contributed by atoms with E-state index >= 15 is 0 Å². The lowest BCUT2D eigenvalue weighted by molar-refractivity contribution is 0.485. The molecule has 0 bridgehead atoms. The van der Waals surface area contributed by atoms with Gasteiger partial charge in [-0.15, -0.1) is 24.2 Å². The number of fused-ring (bicyclic) bond motifs is 1. The molecule has 23 heavy (non-hydrogen) atoms. The topological polar surface area (TPSA) is 93.9 Å². The monoisotopic (exact) mass is 350 g/mol. The Balaban J connectivity index is 0.00000192. The van der Waals surface area contributed by atoms with E-state index in [9.17, 15) is 4.79 Å². The van der Waals surface area contributed by atoms with Gasteiger partial charge in [0, 0.05) is 22.8 Å². The van der Waals surface area contributed by atoms with Crippen molar-refractivity contribution in [2.24, 2.45) is 0 Å². The molecule has 3 N–H and O–H groups in total. The zero-order chi connectivity index (χ0) is 15.5. The van der Waals surface area contributed by atoms with Crippen molar-refractivity contribution in [1.29, 1.82) is 0 Å². The van der Waals surface area contributed by atoms with Crippen molar-refractivity contribution >= 4 is 41.0 Å². The third kappa shape index (κ3) is 3.75. The van der Waals surface area contributed by atoms with E-state index in [0.717, 1.165) is 16.3 Å². The molecule has 6 nitrogen and oxygen atoms in total. The van der Waals surface area contributed by atoms with Gasteiger partial charge in [-0.2, -0.15) is 0 Å². The van der Waals surface area contributed by atoms with E-state index in [1.165, 1.54) is 6.20 Å². The Bertz CT molecular complexity index is 885. The lowest BCUT2D eigenvalue weighted by Crippen LogP contribution is -2.06. The first-order valence-corrected chi connectivity index (χ1v) is 7.70. The van der Waals surface area contributed by atoms with Gasteiger partial charge in [0.15, 0.2) is 11.4 Å². The summed E-state index contributed by atoms with van der Waals surface area (Å²) in [5.74, 6) is 2.11. The highest BCUT2D eigenvalue weighted by molar-refractivity contribution is 7.99. The van der Waals surface area contributed by atoms with Crippen LogP contribution in [0, 0.1) is 0 Å². The number of nitrogens with one attached hydrogen (secondary N) is 1. The van der Waals surface area contributed by atoms with Gasteiger partial charge in [0.2, 0.25) is 0 Å². The van der Waals surface area contributed by atoms with Crippen LogP contribution in [0.25, 0.3) is 11.2 Å². The third-order valence-electron chi connectivity index (χ3n) is 2.95. The number of nitrogens with zero attached hydrogens (tertiary/aromatic N) is 2. The molecule has 3 rings (SSSR count). The van der Waals surface area contributed by atoms with Crippen molar-refractivity contribution in [2.75, 3.05) is 11.5 Å². The minimum absolute atomic E-state index is 0. The average molecular weight is 351 g/mol. The maximum Gasteiger partial charge on any atom is 0.268 e. The van der Waals surface area contributed by atoms with E-state index < -0.39 is 0 Å². The second kappa shape index (κ2) is 7.34. The number of ether oxygens (including phenoxy) is 1. The Morgan fingerprint density at radius 3 is 2.91 bits per heavy atom. The summed E-state index contributed by atoms with van der Waals surface area (Å²) in [7, 11) is 0. The Labute approximate surface area is 142 Å². The van der Waals surface area contributed by atoms with Crippen molar-refractivity contribution < 1.29 is 4.74 Å². The zero-order valence-corrected chi connectivity index (χ0v) is 13.9. The predicted octanol–water partition coefficient (Wildman–Crippen LogP) is 3.23. The number of aromatic nitrogens is 3. The maximum absolute atomic E-state index is 11.3. The maximum atomic E-state index is 11.3. The molecule has 0 atom stereocenters. The Morgan fingerprint density at radius 1 is 1.30 bits per heavy atom. The number of hydrogen-bond donors (Lipinski definition) is 2. The van der Waals surface area contributed by atoms with E-state index in [2.05, 4.69) is 21.9 Å².